The number of nitrogens with one attached hydrogen (secondary N) is 1. The lowest BCUT2D eigenvalue weighted by atomic mass is 10.1. The van der Waals surface area contributed by atoms with Gasteiger partial charge in [0.1, 0.15) is 6.61 Å². The van der Waals surface area contributed by atoms with E-state index in [0.717, 1.165) is 5.56 Å². The lowest BCUT2D eigenvalue weighted by Crippen LogP contribution is -2.40. The molecule has 0 atom stereocenters. The Kier molecular flexibility index (Phi) is 4.19. The van der Waals surface area contributed by atoms with Gasteiger partial charge in [-0.3, -0.25) is 0 Å². The van der Waals surface area contributed by atoms with Crippen LogP contribution in [-0.4, -0.2) is 11.6 Å². The normalized spacial score (nSPS) is 11.0. The molecule has 0 saturated heterocycles. The summed E-state index contributed by atoms with van der Waals surface area (Å²) in [5, 5.41) is 3.38. The molecular formula is C12H16ClNO2. The van der Waals surface area contributed by atoms with E-state index in [9.17, 15) is 4.79 Å². The number of halogens is 1. The molecule has 0 radical (unpaired) electrons. The summed E-state index contributed by atoms with van der Waals surface area (Å²) in [6.45, 7) is 5.95. The Morgan fingerprint density at radius 2 is 1.88 bits per heavy atom. The molecule has 4 heteroatoms. The molecule has 0 spiro atoms. The van der Waals surface area contributed by atoms with Gasteiger partial charge in [-0.2, -0.15) is 0 Å². The van der Waals surface area contributed by atoms with Crippen molar-refractivity contribution in [2.24, 2.45) is 0 Å². The van der Waals surface area contributed by atoms with E-state index in [4.69, 9.17) is 16.3 Å². The van der Waals surface area contributed by atoms with E-state index in [1.54, 1.807) is 12.1 Å². The van der Waals surface area contributed by atoms with E-state index in [1.807, 2.05) is 32.9 Å². The molecule has 0 fully saturated rings. The summed E-state index contributed by atoms with van der Waals surface area (Å²) in [6, 6.07) is 7.18. The van der Waals surface area contributed by atoms with Crippen LogP contribution < -0.4 is 5.32 Å². The molecule has 0 aliphatic heterocycles. The van der Waals surface area contributed by atoms with Crippen LogP contribution >= 0.6 is 11.6 Å². The molecule has 1 N–H and O–H groups in total. The van der Waals surface area contributed by atoms with Crippen LogP contribution in [0.3, 0.4) is 0 Å². The summed E-state index contributed by atoms with van der Waals surface area (Å²) >= 11 is 5.74. The number of carbonyl (C=O) groups is 1. The molecule has 0 heterocycles. The predicted octanol–water partition coefficient (Wildman–Crippen LogP) is 3.36. The maximum absolute atomic E-state index is 11.3. The first-order valence-electron chi connectivity index (χ1n) is 5.06. The average Bonchev–Trinajstić information content (AvgIpc) is 2.14. The average molecular weight is 242 g/mol. The highest BCUT2D eigenvalue weighted by Gasteiger charge is 2.14. The first-order chi connectivity index (χ1) is 7.37. The molecule has 0 bridgehead atoms. The number of carbonyl (C=O) groups excluding carboxylic acids is 1. The molecule has 0 aliphatic rings. The van der Waals surface area contributed by atoms with E-state index < -0.39 is 6.09 Å². The van der Waals surface area contributed by atoms with Crippen LogP contribution in [-0.2, 0) is 11.3 Å². The van der Waals surface area contributed by atoms with Gasteiger partial charge in [0.2, 0.25) is 0 Å². The number of hydrogen-bond donors (Lipinski definition) is 1. The van der Waals surface area contributed by atoms with Crippen molar-refractivity contribution in [2.75, 3.05) is 0 Å². The Bertz CT molecular complexity index is 354. The minimum Gasteiger partial charge on any atom is -0.445 e. The third kappa shape index (κ3) is 5.03. The van der Waals surface area contributed by atoms with Crippen molar-refractivity contribution in [3.63, 3.8) is 0 Å². The van der Waals surface area contributed by atoms with Crippen LogP contribution in [0.2, 0.25) is 5.02 Å². The summed E-state index contributed by atoms with van der Waals surface area (Å²) in [5.74, 6) is 0. The van der Waals surface area contributed by atoms with Crippen molar-refractivity contribution in [1.82, 2.24) is 5.32 Å². The van der Waals surface area contributed by atoms with Gasteiger partial charge in [0.15, 0.2) is 0 Å². The Morgan fingerprint density at radius 3 is 2.38 bits per heavy atom. The summed E-state index contributed by atoms with van der Waals surface area (Å²) in [6.07, 6.45) is -0.414. The number of hydrogen-bond acceptors (Lipinski definition) is 2. The van der Waals surface area contributed by atoms with Crippen LogP contribution in [0.5, 0.6) is 0 Å². The zero-order chi connectivity index (χ0) is 12.2. The second-order valence-corrected chi connectivity index (χ2v) is 5.01. The highest BCUT2D eigenvalue weighted by Crippen LogP contribution is 2.10. The standard InChI is InChI=1S/C12H16ClNO2/c1-12(2,3)14-11(15)16-8-9-4-6-10(13)7-5-9/h4-7H,8H2,1-3H3,(H,14,15). The van der Waals surface area contributed by atoms with Crippen molar-refractivity contribution in [2.45, 2.75) is 32.9 Å². The zero-order valence-electron chi connectivity index (χ0n) is 9.71. The van der Waals surface area contributed by atoms with Crippen LogP contribution in [0.25, 0.3) is 0 Å². The van der Waals surface area contributed by atoms with Crippen molar-refractivity contribution in [1.29, 1.82) is 0 Å². The first kappa shape index (κ1) is 12.8. The maximum Gasteiger partial charge on any atom is 0.407 e. The Morgan fingerprint density at radius 1 is 1.31 bits per heavy atom. The molecule has 16 heavy (non-hydrogen) atoms. The summed E-state index contributed by atoms with van der Waals surface area (Å²) in [4.78, 5) is 11.3. The fourth-order valence-corrected chi connectivity index (χ4v) is 1.20. The molecule has 1 rings (SSSR count). The van der Waals surface area contributed by atoms with Crippen molar-refractivity contribution in [3.05, 3.63) is 34.9 Å². The van der Waals surface area contributed by atoms with Gasteiger partial charge in [-0.15, -0.1) is 0 Å². The van der Waals surface area contributed by atoms with Crippen molar-refractivity contribution in [3.8, 4) is 0 Å². The van der Waals surface area contributed by atoms with Crippen LogP contribution in [0.1, 0.15) is 26.3 Å². The number of benzene rings is 1. The smallest absolute Gasteiger partial charge is 0.407 e. The highest BCUT2D eigenvalue weighted by molar-refractivity contribution is 6.30. The van der Waals surface area contributed by atoms with Gasteiger partial charge in [0.05, 0.1) is 0 Å². The summed E-state index contributed by atoms with van der Waals surface area (Å²) in [7, 11) is 0. The minimum atomic E-state index is -0.414. The SMILES string of the molecule is CC(C)(C)NC(=O)OCc1ccc(Cl)cc1. The molecule has 0 aliphatic carbocycles. The molecule has 3 nitrogen and oxygen atoms in total. The molecule has 1 amide bonds. The molecule has 88 valence electrons. The molecule has 1 aromatic carbocycles. The highest BCUT2D eigenvalue weighted by atomic mass is 35.5. The third-order valence-corrected chi connectivity index (χ3v) is 2.01. The summed E-state index contributed by atoms with van der Waals surface area (Å²) < 4.78 is 5.05. The monoisotopic (exact) mass is 241 g/mol. The quantitative estimate of drug-likeness (QED) is 0.862. The Balaban J connectivity index is 2.40. The van der Waals surface area contributed by atoms with E-state index in [-0.39, 0.29) is 12.1 Å². The number of ether oxygens (including phenoxy) is 1. The molecule has 0 unspecified atom stereocenters. The number of alkyl carbamates (subject to hydrolysis) is 1. The second-order valence-electron chi connectivity index (χ2n) is 4.58. The van der Waals surface area contributed by atoms with E-state index in [1.165, 1.54) is 0 Å². The molecular weight excluding hydrogens is 226 g/mol. The number of amides is 1. The molecule has 0 aromatic heterocycles. The van der Waals surface area contributed by atoms with Gasteiger partial charge in [0.25, 0.3) is 0 Å². The molecule has 1 aromatic rings. The van der Waals surface area contributed by atoms with Crippen LogP contribution in [0, 0.1) is 0 Å². The van der Waals surface area contributed by atoms with E-state index in [0.29, 0.717) is 5.02 Å². The van der Waals surface area contributed by atoms with Gasteiger partial charge < -0.3 is 10.1 Å². The summed E-state index contributed by atoms with van der Waals surface area (Å²) in [5.41, 5.74) is 0.630. The lowest BCUT2D eigenvalue weighted by molar-refractivity contribution is 0.131. The van der Waals surface area contributed by atoms with Crippen molar-refractivity contribution < 1.29 is 9.53 Å². The first-order valence-corrected chi connectivity index (χ1v) is 5.44. The van der Waals surface area contributed by atoms with Gasteiger partial charge in [-0.1, -0.05) is 23.7 Å². The second kappa shape index (κ2) is 5.21. The molecule has 0 saturated carbocycles. The number of rotatable bonds is 2. The topological polar surface area (TPSA) is 38.3 Å². The van der Waals surface area contributed by atoms with Gasteiger partial charge in [-0.05, 0) is 38.5 Å². The predicted molar refractivity (Wildman–Crippen MR) is 64.5 cm³/mol. The minimum absolute atomic E-state index is 0.249. The lowest BCUT2D eigenvalue weighted by Gasteiger charge is -2.19. The van der Waals surface area contributed by atoms with Gasteiger partial charge >= 0.3 is 6.09 Å². The Hall–Kier alpha value is -1.22. The van der Waals surface area contributed by atoms with Gasteiger partial charge in [0, 0.05) is 10.6 Å². The van der Waals surface area contributed by atoms with Crippen molar-refractivity contribution >= 4 is 17.7 Å². The Labute approximate surface area is 101 Å². The fourth-order valence-electron chi connectivity index (χ4n) is 1.07. The van der Waals surface area contributed by atoms with Gasteiger partial charge in [-0.25, -0.2) is 4.79 Å². The maximum atomic E-state index is 11.3. The van der Waals surface area contributed by atoms with E-state index >= 15 is 0 Å². The largest absolute Gasteiger partial charge is 0.445 e. The fraction of sp³-hybridized carbons (Fsp3) is 0.417. The third-order valence-electron chi connectivity index (χ3n) is 1.76. The zero-order valence-corrected chi connectivity index (χ0v) is 10.5. The van der Waals surface area contributed by atoms with E-state index in [2.05, 4.69) is 5.32 Å². The van der Waals surface area contributed by atoms with Crippen LogP contribution in [0.4, 0.5) is 4.79 Å². The van der Waals surface area contributed by atoms with Crippen LogP contribution in [0.15, 0.2) is 24.3 Å².